The predicted molar refractivity (Wildman–Crippen MR) is 132 cm³/mol. The molecule has 4 rings (SSSR count). The van der Waals surface area contributed by atoms with E-state index >= 15 is 0 Å². The summed E-state index contributed by atoms with van der Waals surface area (Å²) in [4.78, 5) is 19.8. The summed E-state index contributed by atoms with van der Waals surface area (Å²) < 4.78 is 17.3. The van der Waals surface area contributed by atoms with E-state index in [9.17, 15) is 4.79 Å². The molecule has 2 aromatic carbocycles. The van der Waals surface area contributed by atoms with Gasteiger partial charge in [0.1, 0.15) is 16.5 Å². The molecular weight excluding hydrogens is 438 g/mol. The van der Waals surface area contributed by atoms with Gasteiger partial charge < -0.3 is 24.4 Å². The summed E-state index contributed by atoms with van der Waals surface area (Å²) in [6.07, 6.45) is 0. The van der Waals surface area contributed by atoms with Crippen LogP contribution in [0.5, 0.6) is 11.5 Å². The number of amides is 1. The standard InChI is InChI=1S/C25H29N3O4S/c1-4-31-22-15-21(28-10-12-30-13-11-28)23(32-5-2)14-20(22)27-24(29)18-6-8-19(9-7-18)25-26-17(3)16-33-25/h6-9,14-16H,4-5,10-13H2,1-3H3,(H,27,29). The lowest BCUT2D eigenvalue weighted by Gasteiger charge is -2.31. The maximum Gasteiger partial charge on any atom is 0.255 e. The van der Waals surface area contributed by atoms with Gasteiger partial charge in [-0.2, -0.15) is 0 Å². The van der Waals surface area contributed by atoms with Crippen molar-refractivity contribution in [1.29, 1.82) is 0 Å². The summed E-state index contributed by atoms with van der Waals surface area (Å²) in [6, 6.07) is 11.3. The number of ether oxygens (including phenoxy) is 3. The van der Waals surface area contributed by atoms with Crippen molar-refractivity contribution >= 4 is 28.6 Å². The van der Waals surface area contributed by atoms with Gasteiger partial charge in [-0.3, -0.25) is 4.79 Å². The number of morpholine rings is 1. The number of hydrogen-bond acceptors (Lipinski definition) is 7. The highest BCUT2D eigenvalue weighted by Gasteiger charge is 2.21. The van der Waals surface area contributed by atoms with Crippen LogP contribution in [0.4, 0.5) is 11.4 Å². The molecular formula is C25H29N3O4S. The minimum atomic E-state index is -0.209. The van der Waals surface area contributed by atoms with Gasteiger partial charge in [0.05, 0.1) is 37.8 Å². The van der Waals surface area contributed by atoms with Gasteiger partial charge in [-0.05, 0) is 32.9 Å². The third kappa shape index (κ3) is 5.46. The summed E-state index contributed by atoms with van der Waals surface area (Å²) in [5.41, 5.74) is 4.08. The van der Waals surface area contributed by atoms with E-state index < -0.39 is 0 Å². The average Bonchev–Trinajstić information content (AvgIpc) is 3.28. The SMILES string of the molecule is CCOc1cc(N2CCOCC2)c(OCC)cc1NC(=O)c1ccc(-c2nc(C)cs2)cc1. The van der Waals surface area contributed by atoms with E-state index in [0.29, 0.717) is 49.2 Å². The Morgan fingerprint density at radius 2 is 1.79 bits per heavy atom. The Labute approximate surface area is 198 Å². The summed E-state index contributed by atoms with van der Waals surface area (Å²) in [5.74, 6) is 1.12. The van der Waals surface area contributed by atoms with Crippen LogP contribution < -0.4 is 19.7 Å². The Kier molecular flexibility index (Phi) is 7.47. The minimum Gasteiger partial charge on any atom is -0.492 e. The topological polar surface area (TPSA) is 72.9 Å². The number of thiazole rings is 1. The van der Waals surface area contributed by atoms with E-state index in [2.05, 4.69) is 15.2 Å². The van der Waals surface area contributed by atoms with Gasteiger partial charge in [0, 0.05) is 47.4 Å². The van der Waals surface area contributed by atoms with Gasteiger partial charge in [0.2, 0.25) is 0 Å². The fourth-order valence-electron chi connectivity index (χ4n) is 3.69. The molecule has 33 heavy (non-hydrogen) atoms. The molecule has 1 amide bonds. The lowest BCUT2D eigenvalue weighted by molar-refractivity contribution is 0.102. The second-order valence-corrected chi connectivity index (χ2v) is 8.47. The van der Waals surface area contributed by atoms with Gasteiger partial charge >= 0.3 is 0 Å². The zero-order valence-electron chi connectivity index (χ0n) is 19.2. The van der Waals surface area contributed by atoms with Crippen molar-refractivity contribution in [2.24, 2.45) is 0 Å². The lowest BCUT2D eigenvalue weighted by atomic mass is 10.1. The molecule has 3 aromatic rings. The Hall–Kier alpha value is -3.10. The van der Waals surface area contributed by atoms with Crippen LogP contribution in [0.1, 0.15) is 29.9 Å². The number of nitrogens with one attached hydrogen (secondary N) is 1. The van der Waals surface area contributed by atoms with Gasteiger partial charge in [-0.15, -0.1) is 11.3 Å². The first-order valence-corrected chi connectivity index (χ1v) is 12.1. The van der Waals surface area contributed by atoms with Crippen LogP contribution in [0.25, 0.3) is 10.6 Å². The zero-order chi connectivity index (χ0) is 23.2. The number of carbonyl (C=O) groups is 1. The summed E-state index contributed by atoms with van der Waals surface area (Å²) in [6.45, 7) is 9.76. The summed E-state index contributed by atoms with van der Waals surface area (Å²) in [7, 11) is 0. The molecule has 0 saturated carbocycles. The molecule has 1 aliphatic rings. The van der Waals surface area contributed by atoms with Crippen molar-refractivity contribution in [3.05, 3.63) is 53.0 Å². The van der Waals surface area contributed by atoms with Crippen molar-refractivity contribution < 1.29 is 19.0 Å². The van der Waals surface area contributed by atoms with Crippen LogP contribution in [0.2, 0.25) is 0 Å². The minimum absolute atomic E-state index is 0.209. The highest BCUT2D eigenvalue weighted by molar-refractivity contribution is 7.13. The lowest BCUT2D eigenvalue weighted by Crippen LogP contribution is -2.36. The van der Waals surface area contributed by atoms with Crippen molar-refractivity contribution in [2.45, 2.75) is 20.8 Å². The van der Waals surface area contributed by atoms with Crippen molar-refractivity contribution in [2.75, 3.05) is 49.7 Å². The number of rotatable bonds is 8. The highest BCUT2D eigenvalue weighted by Crippen LogP contribution is 2.39. The summed E-state index contributed by atoms with van der Waals surface area (Å²) in [5, 5.41) is 5.96. The van der Waals surface area contributed by atoms with Gasteiger partial charge in [0.15, 0.2) is 0 Å². The molecule has 0 spiro atoms. The van der Waals surface area contributed by atoms with Crippen molar-refractivity contribution in [3.8, 4) is 22.1 Å². The molecule has 0 aliphatic carbocycles. The van der Waals surface area contributed by atoms with E-state index in [1.54, 1.807) is 11.3 Å². The Bertz CT molecular complexity index is 1090. The van der Waals surface area contributed by atoms with Crippen LogP contribution >= 0.6 is 11.3 Å². The number of carbonyl (C=O) groups excluding carboxylic acids is 1. The molecule has 2 heterocycles. The first kappa shape index (κ1) is 23.1. The van der Waals surface area contributed by atoms with Crippen molar-refractivity contribution in [3.63, 3.8) is 0 Å². The molecule has 174 valence electrons. The summed E-state index contributed by atoms with van der Waals surface area (Å²) >= 11 is 1.59. The third-order valence-corrected chi connectivity index (χ3v) is 6.28. The quantitative estimate of drug-likeness (QED) is 0.502. The first-order valence-electron chi connectivity index (χ1n) is 11.2. The van der Waals surface area contributed by atoms with Crippen LogP contribution in [-0.4, -0.2) is 50.4 Å². The van der Waals surface area contributed by atoms with E-state index in [-0.39, 0.29) is 5.91 Å². The Morgan fingerprint density at radius 1 is 1.09 bits per heavy atom. The largest absolute Gasteiger partial charge is 0.492 e. The molecule has 0 radical (unpaired) electrons. The maximum absolute atomic E-state index is 13.0. The van der Waals surface area contributed by atoms with E-state index in [0.717, 1.165) is 35.0 Å². The molecule has 0 bridgehead atoms. The fraction of sp³-hybridized carbons (Fsp3) is 0.360. The van der Waals surface area contributed by atoms with Crippen LogP contribution in [0.15, 0.2) is 41.8 Å². The monoisotopic (exact) mass is 467 g/mol. The number of nitrogens with zero attached hydrogens (tertiary/aromatic N) is 2. The van der Waals surface area contributed by atoms with Crippen molar-refractivity contribution in [1.82, 2.24) is 4.98 Å². The molecule has 0 unspecified atom stereocenters. The number of aromatic nitrogens is 1. The van der Waals surface area contributed by atoms with Gasteiger partial charge in [-0.25, -0.2) is 4.98 Å². The molecule has 1 aliphatic heterocycles. The normalized spacial score (nSPS) is 13.6. The number of aryl methyl sites for hydroxylation is 1. The maximum atomic E-state index is 13.0. The second-order valence-electron chi connectivity index (χ2n) is 7.61. The molecule has 1 aromatic heterocycles. The number of benzene rings is 2. The number of hydrogen-bond donors (Lipinski definition) is 1. The number of anilines is 2. The molecule has 1 N–H and O–H groups in total. The molecule has 0 atom stereocenters. The smallest absolute Gasteiger partial charge is 0.255 e. The van der Waals surface area contributed by atoms with E-state index in [1.807, 2.05) is 62.5 Å². The average molecular weight is 468 g/mol. The van der Waals surface area contributed by atoms with Crippen LogP contribution in [0, 0.1) is 6.92 Å². The first-order chi connectivity index (χ1) is 16.1. The molecule has 7 nitrogen and oxygen atoms in total. The van der Waals surface area contributed by atoms with Crippen LogP contribution in [0.3, 0.4) is 0 Å². The third-order valence-electron chi connectivity index (χ3n) is 5.27. The molecule has 1 saturated heterocycles. The Balaban J connectivity index is 1.59. The zero-order valence-corrected chi connectivity index (χ0v) is 20.0. The fourth-order valence-corrected chi connectivity index (χ4v) is 4.49. The molecule has 1 fully saturated rings. The van der Waals surface area contributed by atoms with Crippen LogP contribution in [-0.2, 0) is 4.74 Å². The highest BCUT2D eigenvalue weighted by atomic mass is 32.1. The van der Waals surface area contributed by atoms with E-state index in [4.69, 9.17) is 14.2 Å². The van der Waals surface area contributed by atoms with Gasteiger partial charge in [-0.1, -0.05) is 12.1 Å². The Morgan fingerprint density at radius 3 is 2.42 bits per heavy atom. The predicted octanol–water partition coefficient (Wildman–Crippen LogP) is 5.00. The van der Waals surface area contributed by atoms with E-state index in [1.165, 1.54) is 0 Å². The molecule has 8 heteroatoms. The second kappa shape index (κ2) is 10.7. The van der Waals surface area contributed by atoms with Gasteiger partial charge in [0.25, 0.3) is 5.91 Å².